The minimum Gasteiger partial charge on any atom is -0.337 e. The van der Waals surface area contributed by atoms with Crippen LogP contribution in [0.5, 0.6) is 0 Å². The molecular formula is C14H14BrN3O2. The van der Waals surface area contributed by atoms with Crippen molar-refractivity contribution in [2.45, 2.75) is 12.5 Å². The van der Waals surface area contributed by atoms with Crippen molar-refractivity contribution in [1.29, 1.82) is 0 Å². The number of pyridine rings is 1. The summed E-state index contributed by atoms with van der Waals surface area (Å²) in [6.07, 6.45) is 0.802. The van der Waals surface area contributed by atoms with Crippen LogP contribution < -0.4 is 11.3 Å². The van der Waals surface area contributed by atoms with E-state index >= 15 is 0 Å². The van der Waals surface area contributed by atoms with Crippen LogP contribution in [0.3, 0.4) is 0 Å². The molecule has 1 atom stereocenters. The van der Waals surface area contributed by atoms with Crippen LogP contribution in [-0.4, -0.2) is 34.9 Å². The van der Waals surface area contributed by atoms with Crippen molar-refractivity contribution >= 4 is 32.7 Å². The molecule has 2 aromatic rings. The Morgan fingerprint density at radius 2 is 2.25 bits per heavy atom. The largest absolute Gasteiger partial charge is 0.337 e. The third-order valence-corrected chi connectivity index (χ3v) is 4.23. The summed E-state index contributed by atoms with van der Waals surface area (Å²) in [4.78, 5) is 28.8. The van der Waals surface area contributed by atoms with Crippen LogP contribution in [0.15, 0.2) is 33.5 Å². The Labute approximate surface area is 123 Å². The number of halogens is 1. The highest BCUT2D eigenvalue weighted by Crippen LogP contribution is 2.24. The molecule has 6 heteroatoms. The van der Waals surface area contributed by atoms with E-state index in [1.54, 1.807) is 4.90 Å². The van der Waals surface area contributed by atoms with E-state index < -0.39 is 0 Å². The molecule has 3 rings (SSSR count). The topological polar surface area (TPSA) is 79.2 Å². The van der Waals surface area contributed by atoms with Gasteiger partial charge in [0, 0.05) is 35.1 Å². The average molecular weight is 336 g/mol. The van der Waals surface area contributed by atoms with Gasteiger partial charge in [0.25, 0.3) is 5.91 Å². The first-order valence-corrected chi connectivity index (χ1v) is 7.22. The number of fused-ring (bicyclic) bond motifs is 1. The summed E-state index contributed by atoms with van der Waals surface area (Å²) >= 11 is 3.39. The lowest BCUT2D eigenvalue weighted by Gasteiger charge is -2.17. The highest BCUT2D eigenvalue weighted by atomic mass is 79.9. The Kier molecular flexibility index (Phi) is 3.35. The van der Waals surface area contributed by atoms with Gasteiger partial charge in [0.15, 0.2) is 0 Å². The number of nitrogens with one attached hydrogen (secondary N) is 1. The average Bonchev–Trinajstić information content (AvgIpc) is 2.85. The SMILES string of the molecule is N[C@H]1CCN(C(=O)c2cc(=O)[nH]c3c(Br)cccc23)C1. The fourth-order valence-corrected chi connectivity index (χ4v) is 3.03. The number of aromatic nitrogens is 1. The molecule has 1 saturated heterocycles. The van der Waals surface area contributed by atoms with E-state index in [1.807, 2.05) is 18.2 Å². The maximum Gasteiger partial charge on any atom is 0.254 e. The fraction of sp³-hybridized carbons (Fsp3) is 0.286. The van der Waals surface area contributed by atoms with Crippen LogP contribution >= 0.6 is 15.9 Å². The van der Waals surface area contributed by atoms with Gasteiger partial charge in [-0.25, -0.2) is 0 Å². The number of hydrogen-bond acceptors (Lipinski definition) is 3. The molecule has 1 aliphatic heterocycles. The van der Waals surface area contributed by atoms with Crippen LogP contribution in [0.4, 0.5) is 0 Å². The molecule has 0 bridgehead atoms. The van der Waals surface area contributed by atoms with Gasteiger partial charge in [0.1, 0.15) is 0 Å². The fourth-order valence-electron chi connectivity index (χ4n) is 2.56. The van der Waals surface area contributed by atoms with Gasteiger partial charge in [-0.2, -0.15) is 0 Å². The number of likely N-dealkylation sites (tertiary alicyclic amines) is 1. The van der Waals surface area contributed by atoms with E-state index in [0.717, 1.165) is 16.3 Å². The zero-order valence-electron chi connectivity index (χ0n) is 10.7. The first-order chi connectivity index (χ1) is 9.56. The van der Waals surface area contributed by atoms with E-state index in [0.29, 0.717) is 24.2 Å². The summed E-state index contributed by atoms with van der Waals surface area (Å²) in [6, 6.07) is 6.90. The van der Waals surface area contributed by atoms with E-state index in [4.69, 9.17) is 5.73 Å². The zero-order chi connectivity index (χ0) is 14.3. The third kappa shape index (κ3) is 2.25. The number of rotatable bonds is 1. The molecule has 0 spiro atoms. The maximum atomic E-state index is 12.6. The van der Waals surface area contributed by atoms with Crippen LogP contribution in [-0.2, 0) is 0 Å². The first-order valence-electron chi connectivity index (χ1n) is 6.42. The van der Waals surface area contributed by atoms with Crippen LogP contribution in [0.2, 0.25) is 0 Å². The summed E-state index contributed by atoms with van der Waals surface area (Å²) in [5.41, 5.74) is 6.63. The highest BCUT2D eigenvalue weighted by Gasteiger charge is 2.26. The van der Waals surface area contributed by atoms with Gasteiger partial charge in [0.2, 0.25) is 5.56 Å². The van der Waals surface area contributed by atoms with Crippen molar-refractivity contribution in [3.8, 4) is 0 Å². The van der Waals surface area contributed by atoms with Crippen molar-refractivity contribution in [2.24, 2.45) is 5.73 Å². The molecule has 0 saturated carbocycles. The molecule has 1 aromatic heterocycles. The predicted octanol–water partition coefficient (Wildman–Crippen LogP) is 1.46. The van der Waals surface area contributed by atoms with E-state index in [-0.39, 0.29) is 17.5 Å². The van der Waals surface area contributed by atoms with Gasteiger partial charge in [0.05, 0.1) is 11.1 Å². The molecule has 5 nitrogen and oxygen atoms in total. The number of hydrogen-bond donors (Lipinski definition) is 2. The first kappa shape index (κ1) is 13.3. The number of nitrogens with two attached hydrogens (primary N) is 1. The summed E-state index contributed by atoms with van der Waals surface area (Å²) in [7, 11) is 0. The lowest BCUT2D eigenvalue weighted by Crippen LogP contribution is -2.32. The second-order valence-electron chi connectivity index (χ2n) is 5.01. The molecule has 1 fully saturated rings. The molecule has 0 unspecified atom stereocenters. The monoisotopic (exact) mass is 335 g/mol. The molecule has 1 aliphatic rings. The molecular weight excluding hydrogens is 322 g/mol. The number of aromatic amines is 1. The minimum absolute atomic E-state index is 0.0268. The van der Waals surface area contributed by atoms with Gasteiger partial charge < -0.3 is 15.6 Å². The number of carbonyl (C=O) groups excluding carboxylic acids is 1. The van der Waals surface area contributed by atoms with Crippen molar-refractivity contribution in [3.05, 3.63) is 44.7 Å². The number of nitrogens with zero attached hydrogens (tertiary/aromatic N) is 1. The number of amides is 1. The molecule has 1 aromatic carbocycles. The molecule has 2 heterocycles. The lowest BCUT2D eigenvalue weighted by molar-refractivity contribution is 0.0792. The standard InChI is InChI=1S/C14H14BrN3O2/c15-11-3-1-2-9-10(6-12(19)17-13(9)11)14(20)18-5-4-8(16)7-18/h1-3,6,8H,4-5,7,16H2,(H,17,19)/t8-/m0/s1. The zero-order valence-corrected chi connectivity index (χ0v) is 12.3. The maximum absolute atomic E-state index is 12.6. The Balaban J connectivity index is 2.14. The van der Waals surface area contributed by atoms with Crippen molar-refractivity contribution in [2.75, 3.05) is 13.1 Å². The molecule has 20 heavy (non-hydrogen) atoms. The Morgan fingerprint density at radius 3 is 2.95 bits per heavy atom. The van der Waals surface area contributed by atoms with E-state index in [1.165, 1.54) is 6.07 Å². The smallest absolute Gasteiger partial charge is 0.254 e. The number of carbonyl (C=O) groups is 1. The molecule has 0 radical (unpaired) electrons. The van der Waals surface area contributed by atoms with E-state index in [2.05, 4.69) is 20.9 Å². The number of para-hydroxylation sites is 1. The van der Waals surface area contributed by atoms with Gasteiger partial charge in [-0.15, -0.1) is 0 Å². The van der Waals surface area contributed by atoms with Crippen molar-refractivity contribution in [1.82, 2.24) is 9.88 Å². The van der Waals surface area contributed by atoms with Crippen LogP contribution in [0.25, 0.3) is 10.9 Å². The third-order valence-electron chi connectivity index (χ3n) is 3.57. The lowest BCUT2D eigenvalue weighted by atomic mass is 10.1. The van der Waals surface area contributed by atoms with Gasteiger partial charge in [-0.3, -0.25) is 9.59 Å². The summed E-state index contributed by atoms with van der Waals surface area (Å²) in [5.74, 6) is -0.132. The quantitative estimate of drug-likeness (QED) is 0.828. The summed E-state index contributed by atoms with van der Waals surface area (Å²) < 4.78 is 0.764. The van der Waals surface area contributed by atoms with E-state index in [9.17, 15) is 9.59 Å². The number of benzene rings is 1. The normalized spacial score (nSPS) is 18.7. The van der Waals surface area contributed by atoms with Crippen LogP contribution in [0.1, 0.15) is 16.8 Å². The molecule has 104 valence electrons. The van der Waals surface area contributed by atoms with Gasteiger partial charge in [-0.1, -0.05) is 12.1 Å². The number of H-pyrrole nitrogens is 1. The summed E-state index contributed by atoms with van der Waals surface area (Å²) in [6.45, 7) is 1.18. The highest BCUT2D eigenvalue weighted by molar-refractivity contribution is 9.10. The second kappa shape index (κ2) is 5.03. The predicted molar refractivity (Wildman–Crippen MR) is 80.8 cm³/mol. The van der Waals surface area contributed by atoms with Crippen molar-refractivity contribution < 1.29 is 4.79 Å². The molecule has 1 amide bonds. The minimum atomic E-state index is -0.281. The second-order valence-corrected chi connectivity index (χ2v) is 5.86. The Bertz CT molecular complexity index is 741. The molecule has 3 N–H and O–H groups in total. The van der Waals surface area contributed by atoms with Gasteiger partial charge in [-0.05, 0) is 28.4 Å². The summed E-state index contributed by atoms with van der Waals surface area (Å²) in [5, 5.41) is 0.740. The van der Waals surface area contributed by atoms with Crippen LogP contribution in [0, 0.1) is 0 Å². The Morgan fingerprint density at radius 1 is 1.45 bits per heavy atom. The van der Waals surface area contributed by atoms with Gasteiger partial charge >= 0.3 is 0 Å². The molecule has 0 aliphatic carbocycles. The van der Waals surface area contributed by atoms with Crippen molar-refractivity contribution in [3.63, 3.8) is 0 Å². The Hall–Kier alpha value is -1.66.